The molecule has 1 aliphatic heterocycles. The number of amides is 2. The lowest BCUT2D eigenvalue weighted by Gasteiger charge is -2.42. The summed E-state index contributed by atoms with van der Waals surface area (Å²) in [6.45, 7) is 1.36. The van der Waals surface area contributed by atoms with Gasteiger partial charge in [-0.3, -0.25) is 9.59 Å². The molecule has 0 radical (unpaired) electrons. The maximum absolute atomic E-state index is 13.5. The van der Waals surface area contributed by atoms with E-state index in [-0.39, 0.29) is 11.8 Å². The van der Waals surface area contributed by atoms with E-state index < -0.39 is 5.41 Å². The van der Waals surface area contributed by atoms with E-state index in [0.29, 0.717) is 31.8 Å². The normalized spacial score (nSPS) is 18.7. The third-order valence-electron chi connectivity index (χ3n) is 7.75. The Morgan fingerprint density at radius 3 is 2.21 bits per heavy atom. The molecule has 2 aromatic rings. The van der Waals surface area contributed by atoms with Gasteiger partial charge in [0, 0.05) is 33.6 Å². The molecule has 0 aromatic heterocycles. The second kappa shape index (κ2) is 10.5. The summed E-state index contributed by atoms with van der Waals surface area (Å²) < 4.78 is 0. The van der Waals surface area contributed by atoms with Gasteiger partial charge in [0.1, 0.15) is 0 Å². The molecular formula is C29H38N2O2. The summed E-state index contributed by atoms with van der Waals surface area (Å²) in [4.78, 5) is 30.3. The molecule has 0 atom stereocenters. The fraction of sp³-hybridized carbons (Fsp3) is 0.517. The predicted molar refractivity (Wildman–Crippen MR) is 134 cm³/mol. The summed E-state index contributed by atoms with van der Waals surface area (Å²) in [5.41, 5.74) is 3.12. The lowest BCUT2D eigenvalue weighted by molar-refractivity contribution is -0.146. The van der Waals surface area contributed by atoms with Crippen LogP contribution in [0.5, 0.6) is 0 Å². The Labute approximate surface area is 199 Å². The monoisotopic (exact) mass is 446 g/mol. The molecule has 4 rings (SSSR count). The van der Waals surface area contributed by atoms with Crippen LogP contribution in [-0.4, -0.2) is 48.8 Å². The Hall–Kier alpha value is -2.62. The molecule has 0 unspecified atom stereocenters. The van der Waals surface area contributed by atoms with E-state index in [9.17, 15) is 9.59 Å². The molecule has 2 fully saturated rings. The smallest absolute Gasteiger partial charge is 0.228 e. The van der Waals surface area contributed by atoms with Crippen molar-refractivity contribution in [2.45, 2.75) is 57.8 Å². The van der Waals surface area contributed by atoms with Crippen LogP contribution in [0.1, 0.15) is 56.9 Å². The van der Waals surface area contributed by atoms with Gasteiger partial charge in [-0.05, 0) is 54.7 Å². The predicted octanol–water partition coefficient (Wildman–Crippen LogP) is 5.56. The van der Waals surface area contributed by atoms with Crippen molar-refractivity contribution >= 4 is 11.8 Å². The first-order valence-electron chi connectivity index (χ1n) is 12.6. The largest absolute Gasteiger partial charge is 0.348 e. The number of carbonyl (C=O) groups excluding carboxylic acids is 2. The van der Waals surface area contributed by atoms with Gasteiger partial charge in [-0.1, -0.05) is 73.9 Å². The maximum atomic E-state index is 13.5. The van der Waals surface area contributed by atoms with Crippen LogP contribution in [0.15, 0.2) is 54.6 Å². The molecule has 2 aromatic carbocycles. The van der Waals surface area contributed by atoms with Crippen molar-refractivity contribution < 1.29 is 9.59 Å². The molecular weight excluding hydrogens is 408 g/mol. The fourth-order valence-corrected chi connectivity index (χ4v) is 5.83. The van der Waals surface area contributed by atoms with Crippen LogP contribution in [-0.2, 0) is 16.0 Å². The van der Waals surface area contributed by atoms with Crippen molar-refractivity contribution in [3.05, 3.63) is 60.2 Å². The first-order chi connectivity index (χ1) is 16.0. The molecule has 176 valence electrons. The Kier molecular flexibility index (Phi) is 7.52. The first kappa shape index (κ1) is 23.5. The van der Waals surface area contributed by atoms with Crippen molar-refractivity contribution in [2.24, 2.45) is 11.3 Å². The van der Waals surface area contributed by atoms with Gasteiger partial charge in [0.25, 0.3) is 0 Å². The highest BCUT2D eigenvalue weighted by atomic mass is 16.2. The van der Waals surface area contributed by atoms with E-state index in [4.69, 9.17) is 0 Å². The molecule has 2 aliphatic rings. The molecule has 4 heteroatoms. The van der Waals surface area contributed by atoms with Crippen molar-refractivity contribution in [2.75, 3.05) is 27.2 Å². The summed E-state index contributed by atoms with van der Waals surface area (Å²) >= 11 is 0. The van der Waals surface area contributed by atoms with Gasteiger partial charge in [0.2, 0.25) is 11.8 Å². The molecule has 0 bridgehead atoms. The van der Waals surface area contributed by atoms with Gasteiger partial charge in [-0.15, -0.1) is 0 Å². The van der Waals surface area contributed by atoms with E-state index in [0.717, 1.165) is 12.8 Å². The highest BCUT2D eigenvalue weighted by molar-refractivity contribution is 5.84. The fourth-order valence-electron chi connectivity index (χ4n) is 5.83. The number of likely N-dealkylation sites (tertiary alicyclic amines) is 1. The molecule has 33 heavy (non-hydrogen) atoms. The number of nitrogens with zero attached hydrogens (tertiary/aromatic N) is 2. The van der Waals surface area contributed by atoms with Crippen LogP contribution in [0.25, 0.3) is 11.1 Å². The van der Waals surface area contributed by atoms with Gasteiger partial charge in [0.15, 0.2) is 0 Å². The number of piperidine rings is 1. The summed E-state index contributed by atoms with van der Waals surface area (Å²) in [5, 5.41) is 0. The highest BCUT2D eigenvalue weighted by Crippen LogP contribution is 2.40. The lowest BCUT2D eigenvalue weighted by Crippen LogP contribution is -2.51. The van der Waals surface area contributed by atoms with Crippen molar-refractivity contribution in [3.8, 4) is 11.1 Å². The van der Waals surface area contributed by atoms with Gasteiger partial charge < -0.3 is 9.80 Å². The van der Waals surface area contributed by atoms with Gasteiger partial charge in [0.05, 0.1) is 5.41 Å². The lowest BCUT2D eigenvalue weighted by atomic mass is 9.71. The summed E-state index contributed by atoms with van der Waals surface area (Å²) in [6.07, 6.45) is 9.07. The topological polar surface area (TPSA) is 40.6 Å². The first-order valence-corrected chi connectivity index (χ1v) is 12.6. The Bertz CT molecular complexity index is 939. The standard InChI is InChI=1S/C29H38N2O2/c1-30(2)28(33)29(22-25-15-9-10-16-26(25)24-13-7-4-8-14-24)17-19-31(20-18-29)27(32)21-23-11-5-3-6-12-23/h4,7-10,13-16,23H,3,5-6,11-12,17-22H2,1-2H3. The SMILES string of the molecule is CN(C)C(=O)C1(Cc2ccccc2-c2ccccc2)CCN(C(=O)CC2CCCCC2)CC1. The van der Waals surface area contributed by atoms with E-state index in [1.54, 1.807) is 4.90 Å². The summed E-state index contributed by atoms with van der Waals surface area (Å²) in [7, 11) is 3.71. The average Bonchev–Trinajstić information content (AvgIpc) is 2.85. The number of rotatable bonds is 6. The molecule has 1 saturated heterocycles. The molecule has 1 heterocycles. The Morgan fingerprint density at radius 1 is 0.909 bits per heavy atom. The maximum Gasteiger partial charge on any atom is 0.228 e. The van der Waals surface area contributed by atoms with E-state index in [1.807, 2.05) is 25.1 Å². The molecule has 0 N–H and O–H groups in total. The van der Waals surface area contributed by atoms with Crippen LogP contribution in [0.4, 0.5) is 0 Å². The van der Waals surface area contributed by atoms with Crippen molar-refractivity contribution in [1.29, 1.82) is 0 Å². The number of benzene rings is 2. The third kappa shape index (κ3) is 5.48. The number of carbonyl (C=O) groups is 2. The minimum absolute atomic E-state index is 0.185. The molecule has 0 spiro atoms. The van der Waals surface area contributed by atoms with Crippen molar-refractivity contribution in [1.82, 2.24) is 9.80 Å². The van der Waals surface area contributed by atoms with E-state index in [1.165, 1.54) is 48.8 Å². The number of hydrogen-bond donors (Lipinski definition) is 0. The zero-order valence-electron chi connectivity index (χ0n) is 20.3. The van der Waals surface area contributed by atoms with E-state index in [2.05, 4.69) is 48.5 Å². The van der Waals surface area contributed by atoms with Crippen LogP contribution in [0.3, 0.4) is 0 Å². The van der Waals surface area contributed by atoms with Gasteiger partial charge in [-0.25, -0.2) is 0 Å². The zero-order chi connectivity index (χ0) is 23.3. The highest BCUT2D eigenvalue weighted by Gasteiger charge is 2.43. The van der Waals surface area contributed by atoms with Crippen LogP contribution >= 0.6 is 0 Å². The van der Waals surface area contributed by atoms with Crippen molar-refractivity contribution in [3.63, 3.8) is 0 Å². The Balaban J connectivity index is 1.51. The average molecular weight is 447 g/mol. The summed E-state index contributed by atoms with van der Waals surface area (Å²) in [5.74, 6) is 1.03. The van der Waals surface area contributed by atoms with Gasteiger partial charge in [-0.2, -0.15) is 0 Å². The molecule has 1 saturated carbocycles. The number of hydrogen-bond acceptors (Lipinski definition) is 2. The van der Waals surface area contributed by atoms with E-state index >= 15 is 0 Å². The molecule has 2 amide bonds. The second-order valence-corrected chi connectivity index (χ2v) is 10.3. The molecule has 4 nitrogen and oxygen atoms in total. The second-order valence-electron chi connectivity index (χ2n) is 10.3. The van der Waals surface area contributed by atoms with Gasteiger partial charge >= 0.3 is 0 Å². The minimum atomic E-state index is -0.462. The quantitative estimate of drug-likeness (QED) is 0.583. The summed E-state index contributed by atoms with van der Waals surface area (Å²) in [6, 6.07) is 18.9. The minimum Gasteiger partial charge on any atom is -0.348 e. The molecule has 1 aliphatic carbocycles. The van der Waals surface area contributed by atoms with Crippen LogP contribution in [0, 0.1) is 11.3 Å². The third-order valence-corrected chi connectivity index (χ3v) is 7.75. The Morgan fingerprint density at radius 2 is 1.55 bits per heavy atom. The van der Waals surface area contributed by atoms with Crippen LogP contribution in [0.2, 0.25) is 0 Å². The van der Waals surface area contributed by atoms with Crippen LogP contribution < -0.4 is 0 Å². The zero-order valence-corrected chi connectivity index (χ0v) is 20.3.